The molecule has 0 saturated heterocycles. The number of carbonyl (C=O) groups is 2. The molecule has 21 heavy (non-hydrogen) atoms. The smallest absolute Gasteiger partial charge is 0.331 e. The Labute approximate surface area is 121 Å². The van der Waals surface area contributed by atoms with E-state index in [4.69, 9.17) is 4.42 Å². The summed E-state index contributed by atoms with van der Waals surface area (Å²) in [6, 6.07) is 4.15. The number of nitrogens with zero attached hydrogens (tertiary/aromatic N) is 2. The number of aliphatic carboxylic acids is 1. The molecule has 1 amide bonds. The van der Waals surface area contributed by atoms with Crippen molar-refractivity contribution in [3.8, 4) is 0 Å². The zero-order valence-electron chi connectivity index (χ0n) is 11.7. The number of amides is 1. The quantitative estimate of drug-likeness (QED) is 0.936. The molecule has 1 N–H and O–H groups in total. The van der Waals surface area contributed by atoms with E-state index in [1.54, 1.807) is 18.2 Å². The van der Waals surface area contributed by atoms with Crippen LogP contribution in [0.4, 0.5) is 0 Å². The van der Waals surface area contributed by atoms with Gasteiger partial charge >= 0.3 is 5.97 Å². The topological polar surface area (TPSA) is 75.7 Å². The number of fused-ring (bicyclic) bond motifs is 1. The number of carboxylic acids is 1. The third-order valence-electron chi connectivity index (χ3n) is 3.85. The largest absolute Gasteiger partial charge is 0.479 e. The molecule has 3 rings (SSSR count). The first-order valence-electron chi connectivity index (χ1n) is 6.88. The summed E-state index contributed by atoms with van der Waals surface area (Å²) in [7, 11) is 0. The molecule has 0 bridgehead atoms. The highest BCUT2D eigenvalue weighted by molar-refractivity contribution is 5.96. The average Bonchev–Trinajstić information content (AvgIpc) is 3.13. The fraction of sp³-hybridized carbons (Fsp3) is 0.333. The van der Waals surface area contributed by atoms with Gasteiger partial charge in [-0.3, -0.25) is 4.79 Å². The molecule has 6 heteroatoms. The fourth-order valence-corrected chi connectivity index (χ4v) is 2.83. The van der Waals surface area contributed by atoms with Gasteiger partial charge in [-0.1, -0.05) is 0 Å². The van der Waals surface area contributed by atoms with Crippen LogP contribution in [0.1, 0.15) is 34.8 Å². The summed E-state index contributed by atoms with van der Waals surface area (Å²) in [5.74, 6) is -0.654. The van der Waals surface area contributed by atoms with E-state index in [1.165, 1.54) is 11.2 Å². The van der Waals surface area contributed by atoms with Gasteiger partial charge in [-0.2, -0.15) is 0 Å². The summed E-state index contributed by atoms with van der Waals surface area (Å²) in [5.41, 5.74) is 1.08. The van der Waals surface area contributed by atoms with Crippen molar-refractivity contribution in [3.05, 3.63) is 47.7 Å². The van der Waals surface area contributed by atoms with Gasteiger partial charge in [-0.15, -0.1) is 0 Å². The number of aryl methyl sites for hydroxylation is 1. The van der Waals surface area contributed by atoms with Gasteiger partial charge in [0.15, 0.2) is 6.04 Å². The lowest BCUT2D eigenvalue weighted by Gasteiger charge is -2.32. The average molecular weight is 288 g/mol. The van der Waals surface area contributed by atoms with Crippen LogP contribution in [-0.4, -0.2) is 33.0 Å². The third-order valence-corrected chi connectivity index (χ3v) is 3.85. The third kappa shape index (κ3) is 2.12. The minimum atomic E-state index is -1.04. The van der Waals surface area contributed by atoms with Gasteiger partial charge in [-0.25, -0.2) is 4.79 Å². The molecule has 2 aromatic rings. The molecule has 1 aliphatic rings. The van der Waals surface area contributed by atoms with Crippen LogP contribution < -0.4 is 0 Å². The van der Waals surface area contributed by atoms with Crippen LogP contribution in [0, 0.1) is 0 Å². The number of aromatic nitrogens is 1. The number of hydrogen-bond donors (Lipinski definition) is 1. The molecule has 1 atom stereocenters. The van der Waals surface area contributed by atoms with E-state index < -0.39 is 12.0 Å². The first kappa shape index (κ1) is 13.5. The van der Waals surface area contributed by atoms with E-state index in [1.807, 2.05) is 17.7 Å². The molecule has 2 aromatic heterocycles. The van der Waals surface area contributed by atoms with Gasteiger partial charge in [0.1, 0.15) is 11.5 Å². The van der Waals surface area contributed by atoms with E-state index in [2.05, 4.69) is 0 Å². The van der Waals surface area contributed by atoms with Crippen LogP contribution in [0.2, 0.25) is 0 Å². The normalized spacial score (nSPS) is 17.6. The van der Waals surface area contributed by atoms with E-state index in [0.29, 0.717) is 36.5 Å². The maximum atomic E-state index is 12.7. The Morgan fingerprint density at radius 2 is 2.24 bits per heavy atom. The molecule has 1 unspecified atom stereocenters. The molecular weight excluding hydrogens is 272 g/mol. The molecular formula is C15H16N2O4. The Morgan fingerprint density at radius 1 is 1.43 bits per heavy atom. The van der Waals surface area contributed by atoms with Crippen molar-refractivity contribution in [2.75, 3.05) is 6.54 Å². The highest BCUT2D eigenvalue weighted by Crippen LogP contribution is 2.32. The molecule has 0 spiro atoms. The zero-order valence-corrected chi connectivity index (χ0v) is 11.7. The molecule has 0 saturated carbocycles. The summed E-state index contributed by atoms with van der Waals surface area (Å²) in [6.45, 7) is 2.94. The minimum Gasteiger partial charge on any atom is -0.479 e. The Bertz CT molecular complexity index is 685. The van der Waals surface area contributed by atoms with Gasteiger partial charge < -0.3 is 19.0 Å². The second-order valence-electron chi connectivity index (χ2n) is 4.97. The lowest BCUT2D eigenvalue weighted by atomic mass is 9.99. The number of furan rings is 1. The highest BCUT2D eigenvalue weighted by atomic mass is 16.4. The van der Waals surface area contributed by atoms with Gasteiger partial charge in [0, 0.05) is 31.3 Å². The van der Waals surface area contributed by atoms with Crippen LogP contribution in [0.25, 0.3) is 0 Å². The van der Waals surface area contributed by atoms with E-state index in [9.17, 15) is 14.7 Å². The Hall–Kier alpha value is -2.50. The fourth-order valence-electron chi connectivity index (χ4n) is 2.83. The van der Waals surface area contributed by atoms with Gasteiger partial charge in [-0.05, 0) is 25.1 Å². The predicted octanol–water partition coefficient (Wildman–Crippen LogP) is 1.93. The number of hydrogen-bond acceptors (Lipinski definition) is 3. The lowest BCUT2D eigenvalue weighted by Crippen LogP contribution is -2.43. The molecule has 0 radical (unpaired) electrons. The number of carboxylic acid groups (broad SMARTS) is 1. The van der Waals surface area contributed by atoms with Crippen molar-refractivity contribution in [2.45, 2.75) is 25.9 Å². The highest BCUT2D eigenvalue weighted by Gasteiger charge is 2.38. The summed E-state index contributed by atoms with van der Waals surface area (Å²) < 4.78 is 7.11. The van der Waals surface area contributed by atoms with Crippen LogP contribution in [0.3, 0.4) is 0 Å². The Balaban J connectivity index is 1.98. The van der Waals surface area contributed by atoms with E-state index in [-0.39, 0.29) is 5.91 Å². The van der Waals surface area contributed by atoms with Crippen LogP contribution in [-0.2, 0) is 17.8 Å². The number of carbonyl (C=O) groups excluding carboxylic acids is 1. The second kappa shape index (κ2) is 5.12. The Morgan fingerprint density at radius 3 is 2.95 bits per heavy atom. The van der Waals surface area contributed by atoms with Gasteiger partial charge in [0.25, 0.3) is 5.91 Å². The van der Waals surface area contributed by atoms with Crippen molar-refractivity contribution in [2.24, 2.45) is 0 Å². The lowest BCUT2D eigenvalue weighted by molar-refractivity contribution is -0.143. The Kier molecular flexibility index (Phi) is 3.29. The van der Waals surface area contributed by atoms with Crippen LogP contribution in [0.15, 0.2) is 35.1 Å². The van der Waals surface area contributed by atoms with Crippen LogP contribution >= 0.6 is 0 Å². The maximum absolute atomic E-state index is 12.7. The minimum absolute atomic E-state index is 0.263. The summed E-state index contributed by atoms with van der Waals surface area (Å²) in [6.07, 6.45) is 3.82. The first-order chi connectivity index (χ1) is 10.1. The van der Waals surface area contributed by atoms with Crippen molar-refractivity contribution < 1.29 is 19.1 Å². The summed E-state index contributed by atoms with van der Waals surface area (Å²) in [4.78, 5) is 25.7. The van der Waals surface area contributed by atoms with Crippen LogP contribution in [0.5, 0.6) is 0 Å². The molecule has 6 nitrogen and oxygen atoms in total. The van der Waals surface area contributed by atoms with Crippen molar-refractivity contribution in [1.29, 1.82) is 0 Å². The standard InChI is InChI=1S/C15H16N2O4/c1-2-16-7-3-4-11(16)14(18)17-8-5-12-10(6-9-21-12)13(17)15(19)20/h3-4,6-7,9,13H,2,5,8H2,1H3,(H,19,20). The van der Waals surface area contributed by atoms with Crippen molar-refractivity contribution in [1.82, 2.24) is 9.47 Å². The van der Waals surface area contributed by atoms with Gasteiger partial charge in [0.05, 0.1) is 6.26 Å². The van der Waals surface area contributed by atoms with E-state index in [0.717, 1.165) is 0 Å². The maximum Gasteiger partial charge on any atom is 0.331 e. The van der Waals surface area contributed by atoms with E-state index >= 15 is 0 Å². The van der Waals surface area contributed by atoms with Gasteiger partial charge in [0.2, 0.25) is 0 Å². The first-order valence-corrected chi connectivity index (χ1v) is 6.88. The molecule has 0 aliphatic carbocycles. The molecule has 1 aliphatic heterocycles. The molecule has 0 fully saturated rings. The summed E-state index contributed by atoms with van der Waals surface area (Å²) >= 11 is 0. The molecule has 3 heterocycles. The number of rotatable bonds is 3. The van der Waals surface area contributed by atoms with Crippen molar-refractivity contribution in [3.63, 3.8) is 0 Å². The SMILES string of the molecule is CCn1cccc1C(=O)N1CCc2occc2C1C(=O)O. The monoisotopic (exact) mass is 288 g/mol. The predicted molar refractivity (Wildman–Crippen MR) is 73.9 cm³/mol. The van der Waals surface area contributed by atoms with Crippen molar-refractivity contribution >= 4 is 11.9 Å². The zero-order chi connectivity index (χ0) is 15.0. The second-order valence-corrected chi connectivity index (χ2v) is 4.97. The molecule has 110 valence electrons. The summed E-state index contributed by atoms with van der Waals surface area (Å²) in [5, 5.41) is 9.50. The molecule has 0 aromatic carbocycles.